The molecule has 0 bridgehead atoms. The van der Waals surface area contributed by atoms with Crippen molar-refractivity contribution in [3.8, 4) is 0 Å². The van der Waals surface area contributed by atoms with Crippen molar-refractivity contribution in [2.24, 2.45) is 0 Å². The highest BCUT2D eigenvalue weighted by molar-refractivity contribution is 5.91. The molecule has 3 N–H and O–H groups in total. The Morgan fingerprint density at radius 3 is 2.80 bits per heavy atom. The fourth-order valence-electron chi connectivity index (χ4n) is 4.38. The smallest absolute Gasteiger partial charge is 0.407 e. The fraction of sp³-hybridized carbons (Fsp3) is 0.619. The van der Waals surface area contributed by atoms with E-state index in [0.29, 0.717) is 11.6 Å². The van der Waals surface area contributed by atoms with Crippen LogP contribution in [0.25, 0.3) is 0 Å². The lowest BCUT2D eigenvalue weighted by Gasteiger charge is -2.23. The first-order valence-electron chi connectivity index (χ1n) is 10.8. The number of amides is 2. The molecule has 2 aliphatic carbocycles. The van der Waals surface area contributed by atoms with Gasteiger partial charge in [0.1, 0.15) is 11.9 Å². The third-order valence-electron chi connectivity index (χ3n) is 5.90. The zero-order valence-electron chi connectivity index (χ0n) is 17.3. The summed E-state index contributed by atoms with van der Waals surface area (Å²) in [4.78, 5) is 24.3. The van der Waals surface area contributed by atoms with Crippen LogP contribution >= 0.6 is 0 Å². The van der Waals surface area contributed by atoms with Gasteiger partial charge in [0.2, 0.25) is 5.91 Å². The van der Waals surface area contributed by atoms with E-state index in [1.165, 1.54) is 19.3 Å². The maximum atomic E-state index is 12.2. The van der Waals surface area contributed by atoms with Gasteiger partial charge in [0.15, 0.2) is 5.82 Å². The number of alkyl carbamates (subject to hydrolysis) is 1. The minimum Gasteiger partial charge on any atom is -0.446 e. The average Bonchev–Trinajstić information content (AvgIpc) is 3.44. The van der Waals surface area contributed by atoms with Gasteiger partial charge in [-0.1, -0.05) is 24.4 Å². The van der Waals surface area contributed by atoms with Crippen LogP contribution in [0, 0.1) is 6.92 Å². The second-order valence-corrected chi connectivity index (χ2v) is 8.38. The highest BCUT2D eigenvalue weighted by Gasteiger charge is 2.30. The Hall–Kier alpha value is -2.84. The number of nitrogens with one attached hydrogen (secondary N) is 3. The molecule has 30 heavy (non-hydrogen) atoms. The van der Waals surface area contributed by atoms with E-state index < -0.39 is 0 Å². The lowest BCUT2D eigenvalue weighted by Crippen LogP contribution is -2.38. The molecule has 9 heteroatoms. The number of nitrogens with zero attached hydrogens (tertiary/aromatic N) is 2. The van der Waals surface area contributed by atoms with Crippen LogP contribution in [0.1, 0.15) is 74.4 Å². The van der Waals surface area contributed by atoms with E-state index >= 15 is 0 Å². The first-order chi connectivity index (χ1) is 14.5. The average molecular weight is 415 g/mol. The molecule has 0 aromatic carbocycles. The Bertz CT molecular complexity index is 870. The number of ether oxygens (including phenoxy) is 1. The van der Waals surface area contributed by atoms with Crippen molar-refractivity contribution in [2.75, 3.05) is 5.32 Å². The van der Waals surface area contributed by atoms with E-state index in [1.54, 1.807) is 6.07 Å². The van der Waals surface area contributed by atoms with Gasteiger partial charge >= 0.3 is 6.09 Å². The summed E-state index contributed by atoms with van der Waals surface area (Å²) in [5.74, 6) is 1.01. The number of carbonyl (C=O) groups excluding carboxylic acids is 2. The SMILES string of the molecule is Cc1cc(CC(=O)Nc2cc([C@H]3CCC(OC(=O)NC4CCCCC4)C3)[nH]n2)on1. The topological polar surface area (TPSA) is 122 Å². The molecule has 2 aliphatic rings. The summed E-state index contributed by atoms with van der Waals surface area (Å²) in [5.41, 5.74) is 1.69. The maximum Gasteiger partial charge on any atom is 0.407 e. The number of aromatic nitrogens is 3. The Morgan fingerprint density at radius 2 is 2.03 bits per heavy atom. The Morgan fingerprint density at radius 1 is 1.20 bits per heavy atom. The van der Waals surface area contributed by atoms with Gasteiger partial charge in [0.25, 0.3) is 0 Å². The van der Waals surface area contributed by atoms with Gasteiger partial charge in [0, 0.05) is 29.8 Å². The molecule has 4 rings (SSSR count). The molecule has 0 saturated heterocycles. The highest BCUT2D eigenvalue weighted by atomic mass is 16.6. The minimum absolute atomic E-state index is 0.0883. The normalized spacial score (nSPS) is 22.0. The van der Waals surface area contributed by atoms with Crippen molar-refractivity contribution >= 4 is 17.8 Å². The molecular formula is C21H29N5O4. The number of hydrogen-bond donors (Lipinski definition) is 3. The van der Waals surface area contributed by atoms with Crippen LogP contribution in [-0.4, -0.2) is 39.5 Å². The van der Waals surface area contributed by atoms with Crippen LogP contribution in [-0.2, 0) is 16.0 Å². The first-order valence-corrected chi connectivity index (χ1v) is 10.8. The third-order valence-corrected chi connectivity index (χ3v) is 5.90. The number of carbonyl (C=O) groups is 2. The molecule has 9 nitrogen and oxygen atoms in total. The van der Waals surface area contributed by atoms with E-state index in [2.05, 4.69) is 26.0 Å². The van der Waals surface area contributed by atoms with Gasteiger partial charge in [0.05, 0.1) is 12.1 Å². The number of aromatic amines is 1. The lowest BCUT2D eigenvalue weighted by molar-refractivity contribution is -0.115. The Labute approximate surface area is 175 Å². The predicted octanol–water partition coefficient (Wildman–Crippen LogP) is 3.58. The van der Waals surface area contributed by atoms with Crippen LogP contribution in [0.3, 0.4) is 0 Å². The Balaban J connectivity index is 1.23. The molecule has 2 saturated carbocycles. The standard InChI is InChI=1S/C21H29N5O4/c1-13-9-17(30-26-13)11-20(27)23-19-12-18(24-25-19)14-7-8-16(10-14)29-21(28)22-15-5-3-2-4-6-15/h9,12,14-16H,2-8,10-11H2,1H3,(H,22,28)(H2,23,24,25,27)/t14-,16?/m0/s1. The van der Waals surface area contributed by atoms with Gasteiger partial charge in [-0.3, -0.25) is 9.89 Å². The quantitative estimate of drug-likeness (QED) is 0.663. The molecule has 2 aromatic heterocycles. The summed E-state index contributed by atoms with van der Waals surface area (Å²) in [5, 5.41) is 16.7. The van der Waals surface area contributed by atoms with Gasteiger partial charge in [-0.15, -0.1) is 0 Å². The number of H-pyrrole nitrogens is 1. The van der Waals surface area contributed by atoms with Crippen LogP contribution < -0.4 is 10.6 Å². The predicted molar refractivity (Wildman–Crippen MR) is 109 cm³/mol. The number of aryl methyl sites for hydroxylation is 1. The lowest BCUT2D eigenvalue weighted by atomic mass is 9.96. The van der Waals surface area contributed by atoms with Crippen molar-refractivity contribution in [1.29, 1.82) is 0 Å². The van der Waals surface area contributed by atoms with Crippen LogP contribution in [0.15, 0.2) is 16.7 Å². The molecule has 2 fully saturated rings. The largest absolute Gasteiger partial charge is 0.446 e. The molecular weight excluding hydrogens is 386 g/mol. The van der Waals surface area contributed by atoms with Crippen molar-refractivity contribution in [3.05, 3.63) is 29.3 Å². The molecule has 0 spiro atoms. The zero-order valence-corrected chi connectivity index (χ0v) is 17.3. The minimum atomic E-state index is -0.298. The van der Waals surface area contributed by atoms with Crippen molar-refractivity contribution in [3.63, 3.8) is 0 Å². The summed E-state index contributed by atoms with van der Waals surface area (Å²) in [6.45, 7) is 1.81. The number of anilines is 1. The Kier molecular flexibility index (Phi) is 6.35. The van der Waals surface area contributed by atoms with Gasteiger partial charge in [-0.25, -0.2) is 4.79 Å². The van der Waals surface area contributed by atoms with Crippen LogP contribution in [0.4, 0.5) is 10.6 Å². The number of hydrogen-bond acceptors (Lipinski definition) is 6. The molecule has 0 aliphatic heterocycles. The van der Waals surface area contributed by atoms with Gasteiger partial charge in [-0.05, 0) is 39.0 Å². The third kappa shape index (κ3) is 5.40. The molecule has 2 heterocycles. The van der Waals surface area contributed by atoms with Crippen LogP contribution in [0.2, 0.25) is 0 Å². The van der Waals surface area contributed by atoms with Crippen LogP contribution in [0.5, 0.6) is 0 Å². The molecule has 2 amide bonds. The van der Waals surface area contributed by atoms with E-state index in [9.17, 15) is 9.59 Å². The van der Waals surface area contributed by atoms with Gasteiger partial charge < -0.3 is 19.9 Å². The van der Waals surface area contributed by atoms with E-state index in [0.717, 1.165) is 43.5 Å². The molecule has 1 unspecified atom stereocenters. The highest BCUT2D eigenvalue weighted by Crippen LogP contribution is 2.36. The summed E-state index contributed by atoms with van der Waals surface area (Å²) >= 11 is 0. The maximum absolute atomic E-state index is 12.2. The summed E-state index contributed by atoms with van der Waals surface area (Å²) in [7, 11) is 0. The summed E-state index contributed by atoms with van der Waals surface area (Å²) in [6, 6.07) is 3.83. The molecule has 2 atom stereocenters. The second kappa shape index (κ2) is 9.32. The van der Waals surface area contributed by atoms with E-state index in [1.807, 2.05) is 13.0 Å². The van der Waals surface area contributed by atoms with E-state index in [4.69, 9.17) is 9.26 Å². The summed E-state index contributed by atoms with van der Waals surface area (Å²) in [6.07, 6.45) is 7.90. The fourth-order valence-corrected chi connectivity index (χ4v) is 4.38. The summed E-state index contributed by atoms with van der Waals surface area (Å²) < 4.78 is 10.7. The van der Waals surface area contributed by atoms with Gasteiger partial charge in [-0.2, -0.15) is 5.10 Å². The second-order valence-electron chi connectivity index (χ2n) is 8.38. The molecule has 2 aromatic rings. The van der Waals surface area contributed by atoms with Crippen molar-refractivity contribution in [2.45, 2.75) is 82.8 Å². The molecule has 162 valence electrons. The monoisotopic (exact) mass is 415 g/mol. The van der Waals surface area contributed by atoms with Crippen molar-refractivity contribution < 1.29 is 18.8 Å². The zero-order chi connectivity index (χ0) is 20.9. The number of rotatable bonds is 6. The van der Waals surface area contributed by atoms with E-state index in [-0.39, 0.29) is 36.5 Å². The van der Waals surface area contributed by atoms with Crippen molar-refractivity contribution in [1.82, 2.24) is 20.7 Å². The molecule has 0 radical (unpaired) electrons. The first kappa shape index (κ1) is 20.4.